The standard InChI is InChI=1S/C34H68N6O8/c1-31(2,3)45-27(41)23-39(24-28(42)46-32(4,5)6)21-19-37(15-13-35)17-18-38(16-14-36)20-22-40(25-29(43)47-33(7,8)9)26-30(44)48-34(10,11)12/h13-26,35-36H2,1-12H3. The van der Waals surface area contributed by atoms with Gasteiger partial charge in [-0.25, -0.2) is 0 Å². The Morgan fingerprint density at radius 2 is 0.562 bits per heavy atom. The summed E-state index contributed by atoms with van der Waals surface area (Å²) >= 11 is 0. The lowest BCUT2D eigenvalue weighted by atomic mass is 10.2. The van der Waals surface area contributed by atoms with Crippen molar-refractivity contribution >= 4 is 23.9 Å². The fraction of sp³-hybridized carbons (Fsp3) is 0.882. The summed E-state index contributed by atoms with van der Waals surface area (Å²) in [4.78, 5) is 58.4. The lowest BCUT2D eigenvalue weighted by Crippen LogP contribution is -2.47. The molecule has 282 valence electrons. The molecule has 0 aromatic rings. The lowest BCUT2D eigenvalue weighted by Gasteiger charge is -2.31. The Hall–Kier alpha value is -2.36. The van der Waals surface area contributed by atoms with Crippen molar-refractivity contribution < 1.29 is 38.1 Å². The molecule has 0 heterocycles. The second-order valence-corrected chi connectivity index (χ2v) is 16.0. The van der Waals surface area contributed by atoms with Gasteiger partial charge >= 0.3 is 23.9 Å². The zero-order valence-electron chi connectivity index (χ0n) is 32.1. The lowest BCUT2D eigenvalue weighted by molar-refractivity contribution is -0.162. The Labute approximate surface area is 290 Å². The van der Waals surface area contributed by atoms with Gasteiger partial charge in [-0.3, -0.25) is 38.8 Å². The monoisotopic (exact) mass is 689 g/mol. The van der Waals surface area contributed by atoms with Crippen LogP contribution in [-0.2, 0) is 38.1 Å². The highest BCUT2D eigenvalue weighted by Crippen LogP contribution is 2.12. The Kier molecular flexibility index (Phi) is 20.0. The van der Waals surface area contributed by atoms with Gasteiger partial charge in [-0.2, -0.15) is 0 Å². The van der Waals surface area contributed by atoms with Crippen LogP contribution in [0.5, 0.6) is 0 Å². The second kappa shape index (κ2) is 21.0. The van der Waals surface area contributed by atoms with E-state index in [-0.39, 0.29) is 26.2 Å². The highest BCUT2D eigenvalue weighted by molar-refractivity contribution is 5.76. The van der Waals surface area contributed by atoms with Crippen LogP contribution in [0, 0.1) is 0 Å². The Morgan fingerprint density at radius 1 is 0.375 bits per heavy atom. The predicted molar refractivity (Wildman–Crippen MR) is 187 cm³/mol. The van der Waals surface area contributed by atoms with Gasteiger partial charge in [0, 0.05) is 65.4 Å². The van der Waals surface area contributed by atoms with Gasteiger partial charge in [0.25, 0.3) is 0 Å². The fourth-order valence-electron chi connectivity index (χ4n) is 4.54. The molecule has 0 atom stereocenters. The van der Waals surface area contributed by atoms with E-state index >= 15 is 0 Å². The molecule has 14 nitrogen and oxygen atoms in total. The molecule has 0 unspecified atom stereocenters. The Balaban J connectivity index is 5.57. The van der Waals surface area contributed by atoms with Gasteiger partial charge in [0.15, 0.2) is 0 Å². The van der Waals surface area contributed by atoms with Crippen molar-refractivity contribution in [3.63, 3.8) is 0 Å². The summed E-state index contributed by atoms with van der Waals surface area (Å²) < 4.78 is 22.0. The van der Waals surface area contributed by atoms with Gasteiger partial charge in [0.1, 0.15) is 22.4 Å². The van der Waals surface area contributed by atoms with E-state index < -0.39 is 46.3 Å². The minimum atomic E-state index is -0.651. The van der Waals surface area contributed by atoms with Gasteiger partial charge in [-0.05, 0) is 83.1 Å². The Bertz CT molecular complexity index is 844. The van der Waals surface area contributed by atoms with Gasteiger partial charge < -0.3 is 30.4 Å². The first kappa shape index (κ1) is 45.6. The molecule has 48 heavy (non-hydrogen) atoms. The molecule has 0 spiro atoms. The summed E-state index contributed by atoms with van der Waals surface area (Å²) in [6.45, 7) is 26.6. The fourth-order valence-corrected chi connectivity index (χ4v) is 4.54. The van der Waals surface area contributed by atoms with Crippen molar-refractivity contribution in [3.05, 3.63) is 0 Å². The van der Waals surface area contributed by atoms with Crippen molar-refractivity contribution in [1.29, 1.82) is 0 Å². The van der Waals surface area contributed by atoms with Crippen LogP contribution in [0.2, 0.25) is 0 Å². The largest absolute Gasteiger partial charge is 0.459 e. The molecule has 0 fully saturated rings. The number of ether oxygens (including phenoxy) is 4. The van der Waals surface area contributed by atoms with Crippen LogP contribution in [0.15, 0.2) is 0 Å². The molecule has 0 radical (unpaired) electrons. The zero-order chi connectivity index (χ0) is 37.3. The molecule has 0 aromatic carbocycles. The van der Waals surface area contributed by atoms with Crippen LogP contribution < -0.4 is 11.5 Å². The summed E-state index contributed by atoms with van der Waals surface area (Å²) in [5.74, 6) is -1.69. The average Bonchev–Trinajstić information content (AvgIpc) is 2.83. The first-order chi connectivity index (χ1) is 21.8. The van der Waals surface area contributed by atoms with Gasteiger partial charge in [-0.15, -0.1) is 0 Å². The molecule has 0 aliphatic rings. The van der Waals surface area contributed by atoms with Crippen LogP contribution in [0.4, 0.5) is 0 Å². The molecular weight excluding hydrogens is 620 g/mol. The van der Waals surface area contributed by atoms with E-state index in [2.05, 4.69) is 9.80 Å². The molecule has 4 N–H and O–H groups in total. The molecule has 0 saturated heterocycles. The third-order valence-electron chi connectivity index (χ3n) is 6.18. The predicted octanol–water partition coefficient (Wildman–Crippen LogP) is 1.48. The smallest absolute Gasteiger partial charge is 0.320 e. The molecule has 14 heteroatoms. The number of hydrogen-bond acceptors (Lipinski definition) is 14. The Morgan fingerprint density at radius 3 is 0.729 bits per heavy atom. The van der Waals surface area contributed by atoms with E-state index in [0.29, 0.717) is 65.4 Å². The van der Waals surface area contributed by atoms with Crippen LogP contribution in [-0.4, -0.2) is 158 Å². The topological polar surface area (TPSA) is 170 Å². The summed E-state index contributed by atoms with van der Waals surface area (Å²) in [5.41, 5.74) is 9.29. The van der Waals surface area contributed by atoms with E-state index in [1.54, 1.807) is 92.9 Å². The third kappa shape index (κ3) is 26.6. The van der Waals surface area contributed by atoms with E-state index in [1.807, 2.05) is 0 Å². The maximum absolute atomic E-state index is 12.7. The van der Waals surface area contributed by atoms with E-state index in [9.17, 15) is 19.2 Å². The quantitative estimate of drug-likeness (QED) is 0.131. The highest BCUT2D eigenvalue weighted by Gasteiger charge is 2.26. The number of carbonyl (C=O) groups excluding carboxylic acids is 4. The number of nitrogens with two attached hydrogens (primary N) is 2. The number of carbonyl (C=O) groups is 4. The second-order valence-electron chi connectivity index (χ2n) is 16.0. The first-order valence-corrected chi connectivity index (χ1v) is 17.0. The minimum absolute atomic E-state index is 0.0581. The van der Waals surface area contributed by atoms with Gasteiger partial charge in [-0.1, -0.05) is 0 Å². The van der Waals surface area contributed by atoms with Crippen molar-refractivity contribution in [2.45, 2.75) is 105 Å². The molecule has 0 rings (SSSR count). The van der Waals surface area contributed by atoms with Crippen molar-refractivity contribution in [2.75, 3.05) is 91.6 Å². The molecule has 0 aromatic heterocycles. The normalized spacial score (nSPS) is 13.0. The van der Waals surface area contributed by atoms with Crippen LogP contribution in [0.1, 0.15) is 83.1 Å². The molecular formula is C34H68N6O8. The number of esters is 4. The number of nitrogens with zero attached hydrogens (tertiary/aromatic N) is 4. The number of rotatable bonds is 21. The van der Waals surface area contributed by atoms with Gasteiger partial charge in [0.2, 0.25) is 0 Å². The summed E-state index contributed by atoms with van der Waals surface area (Å²) in [6, 6.07) is 0. The van der Waals surface area contributed by atoms with Crippen molar-refractivity contribution in [1.82, 2.24) is 19.6 Å². The van der Waals surface area contributed by atoms with Crippen molar-refractivity contribution in [2.24, 2.45) is 11.5 Å². The maximum Gasteiger partial charge on any atom is 0.320 e. The maximum atomic E-state index is 12.7. The molecule has 0 saturated carbocycles. The highest BCUT2D eigenvalue weighted by atomic mass is 16.6. The third-order valence-corrected chi connectivity index (χ3v) is 6.18. The van der Waals surface area contributed by atoms with Gasteiger partial charge in [0.05, 0.1) is 26.2 Å². The summed E-state index contributed by atoms with van der Waals surface area (Å²) in [7, 11) is 0. The first-order valence-electron chi connectivity index (χ1n) is 17.0. The van der Waals surface area contributed by atoms with Crippen LogP contribution in [0.3, 0.4) is 0 Å². The van der Waals surface area contributed by atoms with E-state index in [1.165, 1.54) is 0 Å². The zero-order valence-corrected chi connectivity index (χ0v) is 32.1. The molecule has 0 amide bonds. The van der Waals surface area contributed by atoms with Crippen molar-refractivity contribution in [3.8, 4) is 0 Å². The molecule has 0 aliphatic carbocycles. The van der Waals surface area contributed by atoms with E-state index in [0.717, 1.165) is 0 Å². The summed E-state index contributed by atoms with van der Waals surface area (Å²) in [6.07, 6.45) is 0. The molecule has 0 bridgehead atoms. The minimum Gasteiger partial charge on any atom is -0.459 e. The summed E-state index contributed by atoms with van der Waals surface area (Å²) in [5, 5.41) is 0. The SMILES string of the molecule is CC(C)(C)OC(=O)CN(CCN(CCN)CCN(CCN)CCN(CC(=O)OC(C)(C)C)CC(=O)OC(C)(C)C)CC(=O)OC(C)(C)C. The van der Waals surface area contributed by atoms with E-state index in [4.69, 9.17) is 30.4 Å². The number of hydrogen-bond donors (Lipinski definition) is 2. The van der Waals surface area contributed by atoms with Crippen LogP contribution in [0.25, 0.3) is 0 Å². The molecule has 0 aliphatic heterocycles. The average molecular weight is 689 g/mol. The van der Waals surface area contributed by atoms with Crippen LogP contribution >= 0.6 is 0 Å².